The van der Waals surface area contributed by atoms with Crippen LogP contribution in [0.15, 0.2) is 60.7 Å². The lowest BCUT2D eigenvalue weighted by molar-refractivity contribution is -0.141. The Morgan fingerprint density at radius 3 is 2.15 bits per heavy atom. The van der Waals surface area contributed by atoms with Crippen molar-refractivity contribution in [1.82, 2.24) is 4.98 Å². The molecule has 0 saturated heterocycles. The Labute approximate surface area is 154 Å². The van der Waals surface area contributed by atoms with Gasteiger partial charge in [-0.05, 0) is 18.6 Å². The van der Waals surface area contributed by atoms with Crippen LogP contribution in [-0.4, -0.2) is 18.1 Å². The van der Waals surface area contributed by atoms with E-state index in [2.05, 4.69) is 4.98 Å². The van der Waals surface area contributed by atoms with Gasteiger partial charge in [-0.15, -0.1) is 0 Å². The first-order chi connectivity index (χ1) is 12.8. The summed E-state index contributed by atoms with van der Waals surface area (Å²) in [6.07, 6.45) is -4.66. The average Bonchev–Trinajstić information content (AvgIpc) is 2.67. The van der Waals surface area contributed by atoms with Gasteiger partial charge in [-0.25, -0.2) is 9.78 Å². The van der Waals surface area contributed by atoms with Crippen LogP contribution in [0.3, 0.4) is 0 Å². The van der Waals surface area contributed by atoms with E-state index in [1.165, 1.54) is 7.11 Å². The molecule has 0 N–H and O–H groups in total. The summed E-state index contributed by atoms with van der Waals surface area (Å²) in [4.78, 5) is 16.2. The summed E-state index contributed by atoms with van der Waals surface area (Å²) in [6.45, 7) is 1.87. The van der Waals surface area contributed by atoms with Gasteiger partial charge in [-0.2, -0.15) is 13.2 Å². The average molecular weight is 371 g/mol. The minimum absolute atomic E-state index is 0.000512. The third-order valence-electron chi connectivity index (χ3n) is 4.11. The highest BCUT2D eigenvalue weighted by Crippen LogP contribution is 2.37. The third-order valence-corrected chi connectivity index (χ3v) is 4.11. The number of pyridine rings is 1. The number of carbonyl (C=O) groups excluding carboxylic acids is 1. The van der Waals surface area contributed by atoms with Crippen molar-refractivity contribution < 1.29 is 22.7 Å². The number of rotatable bonds is 3. The molecule has 6 heteroatoms. The Bertz CT molecular complexity index is 965. The second kappa shape index (κ2) is 7.23. The zero-order valence-electron chi connectivity index (χ0n) is 14.7. The maximum Gasteiger partial charge on any atom is 0.433 e. The zero-order chi connectivity index (χ0) is 19.6. The maximum absolute atomic E-state index is 13.5. The number of aryl methyl sites for hydroxylation is 1. The van der Waals surface area contributed by atoms with Crippen molar-refractivity contribution in [2.24, 2.45) is 0 Å². The highest BCUT2D eigenvalue weighted by molar-refractivity contribution is 6.03. The molecule has 138 valence electrons. The Kier molecular flexibility index (Phi) is 4.99. The summed E-state index contributed by atoms with van der Waals surface area (Å²) in [5, 5.41) is 0. The van der Waals surface area contributed by atoms with Crippen LogP contribution < -0.4 is 0 Å². The monoisotopic (exact) mass is 371 g/mol. The normalized spacial score (nSPS) is 11.3. The first-order valence-corrected chi connectivity index (χ1v) is 8.14. The van der Waals surface area contributed by atoms with Gasteiger partial charge in [0.15, 0.2) is 0 Å². The molecule has 27 heavy (non-hydrogen) atoms. The van der Waals surface area contributed by atoms with Crippen LogP contribution in [0, 0.1) is 6.92 Å². The maximum atomic E-state index is 13.5. The number of hydrogen-bond donors (Lipinski definition) is 0. The second-order valence-corrected chi connectivity index (χ2v) is 6.00. The lowest BCUT2D eigenvalue weighted by atomic mass is 9.94. The molecule has 0 saturated carbocycles. The van der Waals surface area contributed by atoms with Crippen molar-refractivity contribution in [2.75, 3.05) is 7.11 Å². The molecular formula is C21H16F3NO2. The summed E-state index contributed by atoms with van der Waals surface area (Å²) in [7, 11) is 1.19. The van der Waals surface area contributed by atoms with Gasteiger partial charge in [0, 0.05) is 11.1 Å². The fraction of sp³-hybridized carbons (Fsp3) is 0.143. The summed E-state index contributed by atoms with van der Waals surface area (Å²) in [5.41, 5.74) is 0.830. The number of hydrogen-bond acceptors (Lipinski definition) is 3. The molecule has 0 bridgehead atoms. The Morgan fingerprint density at radius 1 is 0.963 bits per heavy atom. The number of benzene rings is 2. The summed E-state index contributed by atoms with van der Waals surface area (Å²) in [6, 6.07) is 16.1. The van der Waals surface area contributed by atoms with Crippen LogP contribution in [0.1, 0.15) is 21.6 Å². The number of nitrogens with zero attached hydrogens (tertiary/aromatic N) is 1. The smallest absolute Gasteiger partial charge is 0.433 e. The van der Waals surface area contributed by atoms with Crippen molar-refractivity contribution >= 4 is 5.97 Å². The molecule has 0 spiro atoms. The molecule has 0 aliphatic carbocycles. The fourth-order valence-electron chi connectivity index (χ4n) is 2.76. The van der Waals surface area contributed by atoms with E-state index < -0.39 is 17.8 Å². The highest BCUT2D eigenvalue weighted by atomic mass is 19.4. The molecule has 3 rings (SSSR count). The highest BCUT2D eigenvalue weighted by Gasteiger charge is 2.35. The zero-order valence-corrected chi connectivity index (χ0v) is 14.7. The second-order valence-electron chi connectivity index (χ2n) is 6.00. The molecule has 0 unspecified atom stereocenters. The van der Waals surface area contributed by atoms with Gasteiger partial charge in [0.25, 0.3) is 0 Å². The SMILES string of the molecule is COC(=O)c1c(-c2ccc(C)cc2)cc(C(F)(F)F)nc1-c1ccccc1. The molecular weight excluding hydrogens is 355 g/mol. The Morgan fingerprint density at radius 2 is 1.59 bits per heavy atom. The van der Waals surface area contributed by atoms with Gasteiger partial charge in [-0.1, -0.05) is 60.2 Å². The van der Waals surface area contributed by atoms with Gasteiger partial charge in [0.2, 0.25) is 0 Å². The first kappa shape index (κ1) is 18.6. The minimum atomic E-state index is -4.66. The molecule has 1 aromatic heterocycles. The van der Waals surface area contributed by atoms with E-state index in [0.29, 0.717) is 11.1 Å². The number of ether oxygens (including phenoxy) is 1. The number of halogens is 3. The molecule has 0 aliphatic heterocycles. The number of aromatic nitrogens is 1. The van der Waals surface area contributed by atoms with Crippen LogP contribution in [0.25, 0.3) is 22.4 Å². The van der Waals surface area contributed by atoms with E-state index in [-0.39, 0.29) is 16.8 Å². The van der Waals surface area contributed by atoms with Crippen molar-refractivity contribution in [2.45, 2.75) is 13.1 Å². The van der Waals surface area contributed by atoms with Crippen molar-refractivity contribution in [3.05, 3.63) is 77.5 Å². The molecule has 0 fully saturated rings. The summed E-state index contributed by atoms with van der Waals surface area (Å²) >= 11 is 0. The van der Waals surface area contributed by atoms with E-state index in [9.17, 15) is 18.0 Å². The van der Waals surface area contributed by atoms with E-state index >= 15 is 0 Å². The Hall–Kier alpha value is -3.15. The molecule has 3 aromatic rings. The molecule has 0 atom stereocenters. The van der Waals surface area contributed by atoms with Crippen LogP contribution in [-0.2, 0) is 10.9 Å². The molecule has 0 amide bonds. The van der Waals surface area contributed by atoms with E-state index in [0.717, 1.165) is 11.6 Å². The summed E-state index contributed by atoms with van der Waals surface area (Å²) < 4.78 is 45.3. The first-order valence-electron chi connectivity index (χ1n) is 8.14. The van der Waals surface area contributed by atoms with E-state index in [1.54, 1.807) is 54.6 Å². The fourth-order valence-corrected chi connectivity index (χ4v) is 2.76. The van der Waals surface area contributed by atoms with E-state index in [4.69, 9.17) is 4.74 Å². The molecule has 0 aliphatic rings. The largest absolute Gasteiger partial charge is 0.465 e. The van der Waals surface area contributed by atoms with Crippen molar-refractivity contribution in [3.8, 4) is 22.4 Å². The standard InChI is InChI=1S/C21H16F3NO2/c1-13-8-10-14(11-9-13)16-12-17(21(22,23)24)25-19(18(16)20(26)27-2)15-6-4-3-5-7-15/h3-12H,1-2H3. The van der Waals surface area contributed by atoms with Crippen LogP contribution >= 0.6 is 0 Å². The van der Waals surface area contributed by atoms with Gasteiger partial charge in [0.05, 0.1) is 18.4 Å². The molecule has 2 aromatic carbocycles. The van der Waals surface area contributed by atoms with Gasteiger partial charge in [-0.3, -0.25) is 0 Å². The number of methoxy groups -OCH3 is 1. The van der Waals surface area contributed by atoms with Crippen LogP contribution in [0.2, 0.25) is 0 Å². The van der Waals surface area contributed by atoms with Crippen LogP contribution in [0.5, 0.6) is 0 Å². The Balaban J connectivity index is 2.39. The topological polar surface area (TPSA) is 39.2 Å². The van der Waals surface area contributed by atoms with Crippen LogP contribution in [0.4, 0.5) is 13.2 Å². The molecule has 1 heterocycles. The van der Waals surface area contributed by atoms with E-state index in [1.807, 2.05) is 6.92 Å². The molecule has 0 radical (unpaired) electrons. The minimum Gasteiger partial charge on any atom is -0.465 e. The predicted octanol–water partition coefficient (Wildman–Crippen LogP) is 5.53. The quantitative estimate of drug-likeness (QED) is 0.568. The van der Waals surface area contributed by atoms with Crippen molar-refractivity contribution in [1.29, 1.82) is 0 Å². The predicted molar refractivity (Wildman–Crippen MR) is 96.2 cm³/mol. The van der Waals surface area contributed by atoms with Gasteiger partial charge in [0.1, 0.15) is 5.69 Å². The number of alkyl halides is 3. The lowest BCUT2D eigenvalue weighted by Gasteiger charge is -2.17. The molecule has 3 nitrogen and oxygen atoms in total. The number of esters is 1. The summed E-state index contributed by atoms with van der Waals surface area (Å²) in [5.74, 6) is -0.745. The number of carbonyl (C=O) groups is 1. The third kappa shape index (κ3) is 3.84. The van der Waals surface area contributed by atoms with Crippen molar-refractivity contribution in [3.63, 3.8) is 0 Å². The van der Waals surface area contributed by atoms with Gasteiger partial charge >= 0.3 is 12.1 Å². The van der Waals surface area contributed by atoms with Gasteiger partial charge < -0.3 is 4.74 Å². The lowest BCUT2D eigenvalue weighted by Crippen LogP contribution is -2.14.